The number of hydrogen-bond donors (Lipinski definition) is 1. The van der Waals surface area contributed by atoms with Crippen molar-refractivity contribution < 1.29 is 0 Å². The van der Waals surface area contributed by atoms with Crippen LogP contribution in [0.4, 0.5) is 5.95 Å². The summed E-state index contributed by atoms with van der Waals surface area (Å²) in [5.74, 6) is 0.838. The zero-order valence-electron chi connectivity index (χ0n) is 13.0. The molecule has 19 heavy (non-hydrogen) atoms. The van der Waals surface area contributed by atoms with Crippen molar-refractivity contribution in [3.63, 3.8) is 0 Å². The average Bonchev–Trinajstić information content (AvgIpc) is 2.42. The minimum Gasteiger partial charge on any atom is -0.341 e. The van der Waals surface area contributed by atoms with Crippen LogP contribution in [0.25, 0.3) is 0 Å². The average molecular weight is 264 g/mol. The molecule has 1 heterocycles. The van der Waals surface area contributed by atoms with E-state index in [1.807, 2.05) is 6.20 Å². The van der Waals surface area contributed by atoms with Gasteiger partial charge in [0.2, 0.25) is 5.95 Å². The maximum Gasteiger partial charge on any atom is 0.225 e. The van der Waals surface area contributed by atoms with Gasteiger partial charge in [-0.05, 0) is 32.7 Å². The van der Waals surface area contributed by atoms with E-state index in [4.69, 9.17) is 0 Å². The third-order valence-electron chi connectivity index (χ3n) is 3.62. The van der Waals surface area contributed by atoms with Crippen molar-refractivity contribution in [1.29, 1.82) is 0 Å². The van der Waals surface area contributed by atoms with Crippen molar-refractivity contribution in [3.8, 4) is 0 Å². The second-order valence-electron chi connectivity index (χ2n) is 5.04. The Labute approximate surface area is 117 Å². The van der Waals surface area contributed by atoms with Crippen LogP contribution in [0.3, 0.4) is 0 Å². The number of rotatable bonds is 8. The van der Waals surface area contributed by atoms with Gasteiger partial charge in [-0.25, -0.2) is 9.97 Å². The van der Waals surface area contributed by atoms with Crippen LogP contribution in [0.15, 0.2) is 6.20 Å². The first-order chi connectivity index (χ1) is 9.13. The number of anilines is 1. The van der Waals surface area contributed by atoms with E-state index in [0.717, 1.165) is 44.0 Å². The number of hydrogen-bond acceptors (Lipinski definition) is 4. The zero-order chi connectivity index (χ0) is 14.3. The first-order valence-corrected chi connectivity index (χ1v) is 7.40. The van der Waals surface area contributed by atoms with Gasteiger partial charge in [0.15, 0.2) is 0 Å². The molecule has 0 radical (unpaired) electrons. The van der Waals surface area contributed by atoms with Gasteiger partial charge in [-0.2, -0.15) is 0 Å². The Kier molecular flexibility index (Phi) is 6.78. The number of aryl methyl sites for hydroxylation is 1. The maximum absolute atomic E-state index is 4.64. The number of aromatic nitrogens is 2. The molecule has 0 spiro atoms. The molecule has 0 aliphatic heterocycles. The lowest BCUT2D eigenvalue weighted by atomic mass is 10.1. The smallest absolute Gasteiger partial charge is 0.225 e. The van der Waals surface area contributed by atoms with Crippen molar-refractivity contribution >= 4 is 5.95 Å². The highest BCUT2D eigenvalue weighted by Gasteiger charge is 2.14. The predicted molar refractivity (Wildman–Crippen MR) is 81.5 cm³/mol. The van der Waals surface area contributed by atoms with Gasteiger partial charge in [0.1, 0.15) is 0 Å². The van der Waals surface area contributed by atoms with Gasteiger partial charge in [0, 0.05) is 37.1 Å². The van der Waals surface area contributed by atoms with Gasteiger partial charge < -0.3 is 10.2 Å². The summed E-state index contributed by atoms with van der Waals surface area (Å²) in [7, 11) is 2.08. The molecular formula is C15H28N4. The van der Waals surface area contributed by atoms with E-state index in [1.54, 1.807) is 0 Å². The molecule has 0 aliphatic rings. The summed E-state index contributed by atoms with van der Waals surface area (Å²) in [5, 5.41) is 3.39. The van der Waals surface area contributed by atoms with Crippen LogP contribution in [0.1, 0.15) is 51.3 Å². The molecule has 1 rings (SSSR count). The van der Waals surface area contributed by atoms with E-state index in [2.05, 4.69) is 54.9 Å². The van der Waals surface area contributed by atoms with Crippen LogP contribution >= 0.6 is 0 Å². The van der Waals surface area contributed by atoms with Gasteiger partial charge in [-0.15, -0.1) is 0 Å². The van der Waals surface area contributed by atoms with Crippen LogP contribution in [-0.4, -0.2) is 29.6 Å². The Morgan fingerprint density at radius 3 is 2.47 bits per heavy atom. The molecule has 0 unspecified atom stereocenters. The Hall–Kier alpha value is -1.16. The fourth-order valence-corrected chi connectivity index (χ4v) is 2.22. The van der Waals surface area contributed by atoms with E-state index >= 15 is 0 Å². The molecule has 0 bridgehead atoms. The molecular weight excluding hydrogens is 236 g/mol. The highest BCUT2D eigenvalue weighted by molar-refractivity contribution is 5.33. The van der Waals surface area contributed by atoms with Crippen molar-refractivity contribution in [1.82, 2.24) is 15.3 Å². The second-order valence-corrected chi connectivity index (χ2v) is 5.04. The molecule has 0 aromatic carbocycles. The Morgan fingerprint density at radius 1 is 1.26 bits per heavy atom. The zero-order valence-corrected chi connectivity index (χ0v) is 13.0. The van der Waals surface area contributed by atoms with Crippen LogP contribution in [0.2, 0.25) is 0 Å². The minimum absolute atomic E-state index is 0.517. The second kappa shape index (κ2) is 8.10. The summed E-state index contributed by atoms with van der Waals surface area (Å²) in [6.45, 7) is 10.5. The lowest BCUT2D eigenvalue weighted by Gasteiger charge is -2.26. The lowest BCUT2D eigenvalue weighted by molar-refractivity contribution is 0.579. The van der Waals surface area contributed by atoms with Gasteiger partial charge in [-0.3, -0.25) is 0 Å². The van der Waals surface area contributed by atoms with Crippen molar-refractivity contribution in [2.45, 2.75) is 59.5 Å². The first-order valence-electron chi connectivity index (χ1n) is 7.40. The van der Waals surface area contributed by atoms with Crippen molar-refractivity contribution in [2.24, 2.45) is 0 Å². The molecule has 0 aliphatic carbocycles. The summed E-state index contributed by atoms with van der Waals surface area (Å²) < 4.78 is 0. The quantitative estimate of drug-likeness (QED) is 0.733. The highest BCUT2D eigenvalue weighted by Crippen LogP contribution is 2.15. The Balaban J connectivity index is 2.75. The van der Waals surface area contributed by atoms with Gasteiger partial charge in [0.25, 0.3) is 0 Å². The van der Waals surface area contributed by atoms with E-state index in [9.17, 15) is 0 Å². The topological polar surface area (TPSA) is 41.1 Å². The Bertz CT molecular complexity index is 374. The number of nitrogens with one attached hydrogen (secondary N) is 1. The largest absolute Gasteiger partial charge is 0.341 e. The van der Waals surface area contributed by atoms with E-state index < -0.39 is 0 Å². The van der Waals surface area contributed by atoms with Crippen LogP contribution in [0, 0.1) is 6.92 Å². The third kappa shape index (κ3) is 4.46. The lowest BCUT2D eigenvalue weighted by Crippen LogP contribution is -2.32. The summed E-state index contributed by atoms with van der Waals surface area (Å²) in [6.07, 6.45) is 5.35. The van der Waals surface area contributed by atoms with Gasteiger partial charge >= 0.3 is 0 Å². The van der Waals surface area contributed by atoms with Crippen LogP contribution in [0.5, 0.6) is 0 Å². The highest BCUT2D eigenvalue weighted by atomic mass is 15.2. The molecule has 0 amide bonds. The van der Waals surface area contributed by atoms with Gasteiger partial charge in [-0.1, -0.05) is 20.8 Å². The third-order valence-corrected chi connectivity index (χ3v) is 3.62. The summed E-state index contributed by atoms with van der Waals surface area (Å²) in [6, 6.07) is 0.517. The van der Waals surface area contributed by atoms with Crippen molar-refractivity contribution in [3.05, 3.63) is 17.5 Å². The van der Waals surface area contributed by atoms with E-state index in [-0.39, 0.29) is 0 Å². The standard InChI is InChI=1S/C15H28N4/c1-6-9-16-10-13-11-17-15(18-12(13)4)19(5)14(7-2)8-3/h11,14,16H,6-10H2,1-5H3. The fourth-order valence-electron chi connectivity index (χ4n) is 2.22. The SMILES string of the molecule is CCCNCc1cnc(N(C)C(CC)CC)nc1C. The molecule has 1 aromatic heterocycles. The fraction of sp³-hybridized carbons (Fsp3) is 0.733. The molecule has 1 N–H and O–H groups in total. The number of nitrogens with zero attached hydrogens (tertiary/aromatic N) is 3. The molecule has 1 aromatic rings. The minimum atomic E-state index is 0.517. The molecule has 108 valence electrons. The first kappa shape index (κ1) is 15.9. The van der Waals surface area contributed by atoms with Crippen LogP contribution in [-0.2, 0) is 6.54 Å². The normalized spacial score (nSPS) is 11.1. The molecule has 0 atom stereocenters. The molecule has 4 nitrogen and oxygen atoms in total. The van der Waals surface area contributed by atoms with Gasteiger partial charge in [0.05, 0.1) is 0 Å². The summed E-state index contributed by atoms with van der Waals surface area (Å²) in [4.78, 5) is 11.3. The molecule has 0 fully saturated rings. The molecule has 0 saturated carbocycles. The molecule has 0 saturated heterocycles. The maximum atomic E-state index is 4.64. The van der Waals surface area contributed by atoms with E-state index in [0.29, 0.717) is 6.04 Å². The predicted octanol–water partition coefficient (Wildman–Crippen LogP) is 2.91. The van der Waals surface area contributed by atoms with Crippen LogP contribution < -0.4 is 10.2 Å². The van der Waals surface area contributed by atoms with Crippen molar-refractivity contribution in [2.75, 3.05) is 18.5 Å². The summed E-state index contributed by atoms with van der Waals surface area (Å²) in [5.41, 5.74) is 2.27. The Morgan fingerprint density at radius 2 is 1.95 bits per heavy atom. The van der Waals surface area contributed by atoms with E-state index in [1.165, 1.54) is 5.56 Å². The summed E-state index contributed by atoms with van der Waals surface area (Å²) >= 11 is 0. The monoisotopic (exact) mass is 264 g/mol. The molecule has 4 heteroatoms.